The van der Waals surface area contributed by atoms with Crippen LogP contribution < -0.4 is 16.2 Å². The molecule has 84 valence electrons. The van der Waals surface area contributed by atoms with Crippen molar-refractivity contribution in [2.24, 2.45) is 5.14 Å². The first-order chi connectivity index (χ1) is 6.88. The van der Waals surface area contributed by atoms with Crippen LogP contribution in [0.1, 0.15) is 0 Å². The molecule has 0 aliphatic carbocycles. The first-order valence-electron chi connectivity index (χ1n) is 4.18. The monoisotopic (exact) mass is 341 g/mol. The molecule has 0 heterocycles. The molecule has 1 aromatic carbocycles. The fourth-order valence-electron chi connectivity index (χ4n) is 1.00. The molecule has 0 aromatic heterocycles. The van der Waals surface area contributed by atoms with Crippen molar-refractivity contribution < 1.29 is 8.42 Å². The molecule has 0 unspecified atom stereocenters. The first-order valence-corrected chi connectivity index (χ1v) is 6.97. The van der Waals surface area contributed by atoms with Gasteiger partial charge in [0.15, 0.2) is 0 Å². The molecular formula is C8H12IN3O2S. The fourth-order valence-corrected chi connectivity index (χ4v) is 2.12. The van der Waals surface area contributed by atoms with Crippen LogP contribution in [0.25, 0.3) is 0 Å². The van der Waals surface area contributed by atoms with Crippen molar-refractivity contribution in [3.05, 3.63) is 21.8 Å². The van der Waals surface area contributed by atoms with E-state index in [2.05, 4.69) is 27.9 Å². The third kappa shape index (κ3) is 4.67. The van der Waals surface area contributed by atoms with Crippen LogP contribution >= 0.6 is 22.6 Å². The predicted octanol–water partition coefficient (Wildman–Crippen LogP) is 0.574. The maximum atomic E-state index is 10.7. The van der Waals surface area contributed by atoms with Gasteiger partial charge >= 0.3 is 0 Å². The van der Waals surface area contributed by atoms with E-state index >= 15 is 0 Å². The van der Waals surface area contributed by atoms with Crippen molar-refractivity contribution in [2.45, 2.75) is 0 Å². The van der Waals surface area contributed by atoms with Crippen molar-refractivity contribution >= 4 is 44.0 Å². The van der Waals surface area contributed by atoms with Crippen molar-refractivity contribution in [3.63, 3.8) is 0 Å². The molecule has 5 N–H and O–H groups in total. The molecule has 15 heavy (non-hydrogen) atoms. The van der Waals surface area contributed by atoms with Crippen molar-refractivity contribution in [1.29, 1.82) is 0 Å². The average molecular weight is 341 g/mol. The Balaban J connectivity index is 2.59. The molecule has 1 rings (SSSR count). The number of nitrogens with two attached hydrogens (primary N) is 2. The Kier molecular flexibility index (Phi) is 4.17. The molecule has 0 aliphatic heterocycles. The third-order valence-electron chi connectivity index (χ3n) is 1.70. The van der Waals surface area contributed by atoms with Crippen molar-refractivity contribution in [1.82, 2.24) is 0 Å². The summed E-state index contributed by atoms with van der Waals surface area (Å²) in [5.41, 5.74) is 7.11. The van der Waals surface area contributed by atoms with Gasteiger partial charge in [-0.3, -0.25) is 0 Å². The fraction of sp³-hybridized carbons (Fsp3) is 0.250. The maximum absolute atomic E-state index is 10.7. The van der Waals surface area contributed by atoms with Crippen molar-refractivity contribution in [2.75, 3.05) is 23.3 Å². The van der Waals surface area contributed by atoms with E-state index in [0.717, 1.165) is 9.26 Å². The highest BCUT2D eigenvalue weighted by Crippen LogP contribution is 2.20. The van der Waals surface area contributed by atoms with E-state index in [4.69, 9.17) is 10.9 Å². The lowest BCUT2D eigenvalue weighted by Crippen LogP contribution is -2.22. The molecule has 0 bridgehead atoms. The van der Waals surface area contributed by atoms with Crippen LogP contribution in [0.2, 0.25) is 0 Å². The number of halogens is 1. The Morgan fingerprint density at radius 1 is 1.40 bits per heavy atom. The van der Waals surface area contributed by atoms with Crippen LogP contribution in [-0.4, -0.2) is 20.7 Å². The molecule has 0 radical (unpaired) electrons. The van der Waals surface area contributed by atoms with Crippen LogP contribution in [0, 0.1) is 3.57 Å². The highest BCUT2D eigenvalue weighted by molar-refractivity contribution is 14.1. The van der Waals surface area contributed by atoms with Gasteiger partial charge in [-0.05, 0) is 40.8 Å². The highest BCUT2D eigenvalue weighted by Gasteiger charge is 2.03. The molecule has 5 nitrogen and oxygen atoms in total. The Morgan fingerprint density at radius 3 is 2.60 bits per heavy atom. The molecule has 0 atom stereocenters. The summed E-state index contributed by atoms with van der Waals surface area (Å²) in [5, 5.41) is 7.85. The zero-order valence-electron chi connectivity index (χ0n) is 7.90. The normalized spacial score (nSPS) is 11.3. The molecule has 1 aromatic rings. The number of primary sulfonamides is 1. The smallest absolute Gasteiger partial charge is 0.210 e. The standard InChI is InChI=1S/C8H12IN3O2S/c9-7-5-6(10)1-2-8(7)12-3-4-15(11,13)14/h1-2,5,12H,3-4,10H2,(H2,11,13,14). The summed E-state index contributed by atoms with van der Waals surface area (Å²) < 4.78 is 22.3. The van der Waals surface area contributed by atoms with Crippen molar-refractivity contribution in [3.8, 4) is 0 Å². The summed E-state index contributed by atoms with van der Waals surface area (Å²) in [6, 6.07) is 5.36. The number of hydrogen-bond acceptors (Lipinski definition) is 4. The van der Waals surface area contributed by atoms with E-state index in [1.165, 1.54) is 0 Å². The minimum absolute atomic E-state index is 0.0898. The number of anilines is 2. The summed E-state index contributed by atoms with van der Waals surface area (Å²) in [4.78, 5) is 0. The van der Waals surface area contributed by atoms with E-state index < -0.39 is 10.0 Å². The molecule has 0 saturated heterocycles. The summed E-state index contributed by atoms with van der Waals surface area (Å²) in [6.07, 6.45) is 0. The Morgan fingerprint density at radius 2 is 2.07 bits per heavy atom. The summed E-state index contributed by atoms with van der Waals surface area (Å²) in [7, 11) is -3.40. The Bertz CT molecular complexity index is 447. The second kappa shape index (κ2) is 4.99. The largest absolute Gasteiger partial charge is 0.399 e. The zero-order valence-corrected chi connectivity index (χ0v) is 10.9. The summed E-state index contributed by atoms with van der Waals surface area (Å²) >= 11 is 2.12. The Hall–Kier alpha value is -0.540. The summed E-state index contributed by atoms with van der Waals surface area (Å²) in [5.74, 6) is -0.0898. The van der Waals surface area contributed by atoms with E-state index in [9.17, 15) is 8.42 Å². The lowest BCUT2D eigenvalue weighted by atomic mass is 10.3. The van der Waals surface area contributed by atoms with Gasteiger partial charge in [0.2, 0.25) is 10.0 Å². The number of sulfonamides is 1. The van der Waals surface area contributed by atoms with Gasteiger partial charge in [-0.2, -0.15) is 0 Å². The maximum Gasteiger partial charge on any atom is 0.210 e. The van der Waals surface area contributed by atoms with Crippen LogP contribution in [0.3, 0.4) is 0 Å². The molecule has 0 aliphatic rings. The van der Waals surface area contributed by atoms with Crippen LogP contribution in [0.15, 0.2) is 18.2 Å². The lowest BCUT2D eigenvalue weighted by molar-refractivity contribution is 0.598. The number of rotatable bonds is 4. The molecule has 0 fully saturated rings. The number of nitrogen functional groups attached to an aromatic ring is 1. The van der Waals surface area contributed by atoms with E-state index in [0.29, 0.717) is 12.2 Å². The van der Waals surface area contributed by atoms with Gasteiger partial charge in [0.1, 0.15) is 0 Å². The minimum Gasteiger partial charge on any atom is -0.399 e. The van der Waals surface area contributed by atoms with Gasteiger partial charge in [0.05, 0.1) is 5.75 Å². The van der Waals surface area contributed by atoms with E-state index in [1.54, 1.807) is 18.2 Å². The van der Waals surface area contributed by atoms with Gasteiger partial charge < -0.3 is 11.1 Å². The average Bonchev–Trinajstić information content (AvgIpc) is 2.07. The highest BCUT2D eigenvalue weighted by atomic mass is 127. The predicted molar refractivity (Wildman–Crippen MR) is 70.0 cm³/mol. The van der Waals surface area contributed by atoms with E-state index in [1.807, 2.05) is 0 Å². The van der Waals surface area contributed by atoms with Crippen LogP contribution in [-0.2, 0) is 10.0 Å². The SMILES string of the molecule is Nc1ccc(NCCS(N)(=O)=O)c(I)c1. The third-order valence-corrected chi connectivity index (χ3v) is 3.36. The van der Waals surface area contributed by atoms with Gasteiger partial charge in [0, 0.05) is 21.5 Å². The lowest BCUT2D eigenvalue weighted by Gasteiger charge is -2.08. The van der Waals surface area contributed by atoms with Gasteiger partial charge in [-0.25, -0.2) is 13.6 Å². The second-order valence-electron chi connectivity index (χ2n) is 3.03. The second-order valence-corrected chi connectivity index (χ2v) is 5.93. The summed E-state index contributed by atoms with van der Waals surface area (Å²) in [6.45, 7) is 0.290. The van der Waals surface area contributed by atoms with Crippen LogP contribution in [0.4, 0.5) is 11.4 Å². The van der Waals surface area contributed by atoms with Crippen LogP contribution in [0.5, 0.6) is 0 Å². The van der Waals surface area contributed by atoms with Gasteiger partial charge in [-0.15, -0.1) is 0 Å². The topological polar surface area (TPSA) is 98.2 Å². The molecule has 0 saturated carbocycles. The number of hydrogen-bond donors (Lipinski definition) is 3. The molecular weight excluding hydrogens is 329 g/mol. The zero-order chi connectivity index (χ0) is 11.5. The number of benzene rings is 1. The van der Waals surface area contributed by atoms with E-state index in [-0.39, 0.29) is 5.75 Å². The number of nitrogens with one attached hydrogen (secondary N) is 1. The molecule has 0 amide bonds. The van der Waals surface area contributed by atoms with Gasteiger partial charge in [0.25, 0.3) is 0 Å². The minimum atomic E-state index is -3.40. The quantitative estimate of drug-likeness (QED) is 0.551. The molecule has 7 heteroatoms. The first kappa shape index (κ1) is 12.5. The Labute approximate surface area is 102 Å². The van der Waals surface area contributed by atoms with Gasteiger partial charge in [-0.1, -0.05) is 0 Å². The molecule has 0 spiro atoms.